The Morgan fingerprint density at radius 1 is 1.54 bits per heavy atom. The molecule has 1 unspecified atom stereocenters. The van der Waals surface area contributed by atoms with Gasteiger partial charge in [-0.05, 0) is 31.2 Å². The minimum Gasteiger partial charge on any atom is -0.396 e. The van der Waals surface area contributed by atoms with Crippen LogP contribution in [0.2, 0.25) is 0 Å². The molecular weight excluding hydrogens is 169 g/mol. The van der Waals surface area contributed by atoms with Crippen molar-refractivity contribution in [2.24, 2.45) is 0 Å². The maximum atomic E-state index is 12.8. The lowest BCUT2D eigenvalue weighted by Crippen LogP contribution is -2.17. The molecular formula is C10H14FNO. The molecule has 0 saturated heterocycles. The quantitative estimate of drug-likeness (QED) is 0.740. The number of aliphatic hydroxyl groups is 1. The molecule has 1 atom stereocenters. The molecule has 0 aliphatic rings. The summed E-state index contributed by atoms with van der Waals surface area (Å²) in [5.74, 6) is -0.240. The average Bonchev–Trinajstić information content (AvgIpc) is 2.14. The van der Waals surface area contributed by atoms with Crippen LogP contribution in [0.15, 0.2) is 24.3 Å². The van der Waals surface area contributed by atoms with Crippen molar-refractivity contribution in [1.82, 2.24) is 5.32 Å². The molecule has 0 spiro atoms. The summed E-state index contributed by atoms with van der Waals surface area (Å²) in [5.41, 5.74) is 0.872. The van der Waals surface area contributed by atoms with E-state index in [2.05, 4.69) is 5.32 Å². The van der Waals surface area contributed by atoms with Gasteiger partial charge in [-0.25, -0.2) is 4.39 Å². The molecule has 2 nitrogen and oxygen atoms in total. The van der Waals surface area contributed by atoms with Gasteiger partial charge < -0.3 is 10.4 Å². The molecule has 1 rings (SSSR count). The SMILES string of the molecule is CNC(CCO)c1cccc(F)c1. The summed E-state index contributed by atoms with van der Waals surface area (Å²) in [6, 6.07) is 6.44. The van der Waals surface area contributed by atoms with Gasteiger partial charge in [0.2, 0.25) is 0 Å². The average molecular weight is 183 g/mol. The third kappa shape index (κ3) is 2.79. The smallest absolute Gasteiger partial charge is 0.123 e. The van der Waals surface area contributed by atoms with Crippen LogP contribution < -0.4 is 5.32 Å². The van der Waals surface area contributed by atoms with E-state index in [-0.39, 0.29) is 18.5 Å². The topological polar surface area (TPSA) is 32.3 Å². The molecule has 1 aromatic rings. The van der Waals surface area contributed by atoms with E-state index in [0.717, 1.165) is 5.56 Å². The van der Waals surface area contributed by atoms with Crippen LogP contribution >= 0.6 is 0 Å². The Bertz CT molecular complexity index is 265. The van der Waals surface area contributed by atoms with Gasteiger partial charge in [-0.1, -0.05) is 12.1 Å². The second kappa shape index (κ2) is 4.94. The molecule has 0 fully saturated rings. The molecule has 0 radical (unpaired) electrons. The highest BCUT2D eigenvalue weighted by Gasteiger charge is 2.08. The van der Waals surface area contributed by atoms with Crippen molar-refractivity contribution in [3.05, 3.63) is 35.6 Å². The molecule has 0 aliphatic carbocycles. The van der Waals surface area contributed by atoms with Crippen LogP contribution in [0, 0.1) is 5.82 Å². The fourth-order valence-electron chi connectivity index (χ4n) is 1.33. The second-order valence-electron chi connectivity index (χ2n) is 2.91. The molecule has 0 saturated carbocycles. The molecule has 0 aliphatic heterocycles. The van der Waals surface area contributed by atoms with E-state index in [1.807, 2.05) is 6.07 Å². The molecule has 3 heteroatoms. The number of nitrogens with one attached hydrogen (secondary N) is 1. The standard InChI is InChI=1S/C10H14FNO/c1-12-10(5-6-13)8-3-2-4-9(11)7-8/h2-4,7,10,12-13H,5-6H2,1H3. The molecule has 0 aromatic heterocycles. The van der Waals surface area contributed by atoms with Gasteiger partial charge in [-0.2, -0.15) is 0 Å². The Hall–Kier alpha value is -0.930. The predicted octanol–water partition coefficient (Wildman–Crippen LogP) is 1.47. The Morgan fingerprint density at radius 2 is 2.31 bits per heavy atom. The fraction of sp³-hybridized carbons (Fsp3) is 0.400. The van der Waals surface area contributed by atoms with Crippen molar-refractivity contribution in [2.75, 3.05) is 13.7 Å². The van der Waals surface area contributed by atoms with Crippen LogP contribution in [0.25, 0.3) is 0 Å². The number of rotatable bonds is 4. The molecule has 2 N–H and O–H groups in total. The maximum Gasteiger partial charge on any atom is 0.123 e. The van der Waals surface area contributed by atoms with Crippen molar-refractivity contribution in [1.29, 1.82) is 0 Å². The summed E-state index contributed by atoms with van der Waals surface area (Å²) >= 11 is 0. The molecule has 0 bridgehead atoms. The first-order valence-electron chi connectivity index (χ1n) is 4.31. The Labute approximate surface area is 77.4 Å². The van der Waals surface area contributed by atoms with E-state index in [0.29, 0.717) is 6.42 Å². The van der Waals surface area contributed by atoms with Crippen LogP contribution in [0.4, 0.5) is 4.39 Å². The van der Waals surface area contributed by atoms with Crippen molar-refractivity contribution >= 4 is 0 Å². The fourth-order valence-corrected chi connectivity index (χ4v) is 1.33. The third-order valence-corrected chi connectivity index (χ3v) is 2.02. The number of benzene rings is 1. The van der Waals surface area contributed by atoms with Gasteiger partial charge in [0.1, 0.15) is 5.82 Å². The zero-order valence-corrected chi connectivity index (χ0v) is 7.63. The van der Waals surface area contributed by atoms with Gasteiger partial charge in [0.05, 0.1) is 0 Å². The van der Waals surface area contributed by atoms with Crippen molar-refractivity contribution in [3.63, 3.8) is 0 Å². The molecule has 13 heavy (non-hydrogen) atoms. The first kappa shape index (κ1) is 10.2. The summed E-state index contributed by atoms with van der Waals surface area (Å²) in [6.45, 7) is 0.0992. The molecule has 0 amide bonds. The first-order valence-corrected chi connectivity index (χ1v) is 4.31. The number of aliphatic hydroxyl groups excluding tert-OH is 1. The summed E-state index contributed by atoms with van der Waals surface area (Å²) in [4.78, 5) is 0. The van der Waals surface area contributed by atoms with Gasteiger partial charge in [0.25, 0.3) is 0 Å². The van der Waals surface area contributed by atoms with Gasteiger partial charge in [-0.3, -0.25) is 0 Å². The lowest BCUT2D eigenvalue weighted by Gasteiger charge is -2.14. The number of hydrogen-bond acceptors (Lipinski definition) is 2. The summed E-state index contributed by atoms with van der Waals surface area (Å²) in [7, 11) is 1.80. The highest BCUT2D eigenvalue weighted by molar-refractivity contribution is 5.19. The van der Waals surface area contributed by atoms with Gasteiger partial charge in [0.15, 0.2) is 0 Å². The summed E-state index contributed by atoms with van der Waals surface area (Å²) < 4.78 is 12.8. The highest BCUT2D eigenvalue weighted by atomic mass is 19.1. The normalized spacial score (nSPS) is 12.8. The van der Waals surface area contributed by atoms with E-state index in [1.165, 1.54) is 12.1 Å². The second-order valence-corrected chi connectivity index (χ2v) is 2.91. The Kier molecular flexibility index (Phi) is 3.86. The summed E-state index contributed by atoms with van der Waals surface area (Å²) in [6.07, 6.45) is 0.597. The van der Waals surface area contributed by atoms with Crippen LogP contribution in [-0.4, -0.2) is 18.8 Å². The number of hydrogen-bond donors (Lipinski definition) is 2. The Balaban J connectivity index is 2.78. The van der Waals surface area contributed by atoms with E-state index >= 15 is 0 Å². The minimum absolute atomic E-state index is 0.0284. The number of halogens is 1. The molecule has 1 aromatic carbocycles. The van der Waals surface area contributed by atoms with Crippen LogP contribution in [0.1, 0.15) is 18.0 Å². The van der Waals surface area contributed by atoms with Crippen molar-refractivity contribution < 1.29 is 9.50 Å². The maximum absolute atomic E-state index is 12.8. The largest absolute Gasteiger partial charge is 0.396 e. The Morgan fingerprint density at radius 3 is 2.85 bits per heavy atom. The zero-order valence-electron chi connectivity index (χ0n) is 7.63. The van der Waals surface area contributed by atoms with Crippen molar-refractivity contribution in [2.45, 2.75) is 12.5 Å². The van der Waals surface area contributed by atoms with E-state index in [9.17, 15) is 4.39 Å². The van der Waals surface area contributed by atoms with Gasteiger partial charge in [-0.15, -0.1) is 0 Å². The predicted molar refractivity (Wildman–Crippen MR) is 49.9 cm³/mol. The monoisotopic (exact) mass is 183 g/mol. The van der Waals surface area contributed by atoms with Gasteiger partial charge >= 0.3 is 0 Å². The van der Waals surface area contributed by atoms with E-state index < -0.39 is 0 Å². The van der Waals surface area contributed by atoms with Crippen molar-refractivity contribution in [3.8, 4) is 0 Å². The minimum atomic E-state index is -0.240. The van der Waals surface area contributed by atoms with Gasteiger partial charge in [0, 0.05) is 12.6 Å². The van der Waals surface area contributed by atoms with Crippen LogP contribution in [0.5, 0.6) is 0 Å². The lowest BCUT2D eigenvalue weighted by atomic mass is 10.0. The lowest BCUT2D eigenvalue weighted by molar-refractivity contribution is 0.268. The molecule has 72 valence electrons. The van der Waals surface area contributed by atoms with E-state index in [1.54, 1.807) is 13.1 Å². The highest BCUT2D eigenvalue weighted by Crippen LogP contribution is 2.16. The third-order valence-electron chi connectivity index (χ3n) is 2.02. The summed E-state index contributed by atoms with van der Waals surface area (Å²) in [5, 5.41) is 11.8. The van der Waals surface area contributed by atoms with Crippen LogP contribution in [-0.2, 0) is 0 Å². The van der Waals surface area contributed by atoms with Crippen LogP contribution in [0.3, 0.4) is 0 Å². The molecule has 0 heterocycles. The first-order chi connectivity index (χ1) is 6.27. The van der Waals surface area contributed by atoms with E-state index in [4.69, 9.17) is 5.11 Å². The zero-order chi connectivity index (χ0) is 9.68.